The Morgan fingerprint density at radius 2 is 2.33 bits per heavy atom. The standard InChI is InChI=1S/C11H18N4O2S/c1-11(2)6-17-5-4-15(11)9(16)7-8(12)14-10(13-3)18-7/h4-6,12H2,1-3H3,(H,13,14). The van der Waals surface area contributed by atoms with Gasteiger partial charge in [-0.05, 0) is 13.8 Å². The van der Waals surface area contributed by atoms with Crippen LogP contribution >= 0.6 is 11.3 Å². The van der Waals surface area contributed by atoms with Gasteiger partial charge in [0.05, 0.1) is 18.8 Å². The van der Waals surface area contributed by atoms with Crippen LogP contribution in [0.1, 0.15) is 23.5 Å². The maximum Gasteiger partial charge on any atom is 0.268 e. The molecule has 1 aliphatic rings. The van der Waals surface area contributed by atoms with E-state index in [4.69, 9.17) is 10.5 Å². The molecule has 0 spiro atoms. The molecule has 18 heavy (non-hydrogen) atoms. The van der Waals surface area contributed by atoms with Crippen LogP contribution in [-0.4, -0.2) is 48.1 Å². The van der Waals surface area contributed by atoms with Gasteiger partial charge in [-0.2, -0.15) is 0 Å². The maximum absolute atomic E-state index is 12.5. The van der Waals surface area contributed by atoms with Gasteiger partial charge < -0.3 is 20.7 Å². The van der Waals surface area contributed by atoms with Gasteiger partial charge in [-0.3, -0.25) is 4.79 Å². The van der Waals surface area contributed by atoms with Crippen molar-refractivity contribution in [2.24, 2.45) is 0 Å². The molecule has 1 amide bonds. The predicted octanol–water partition coefficient (Wildman–Crippen LogP) is 1.02. The normalized spacial score (nSPS) is 18.7. The number of aromatic nitrogens is 1. The van der Waals surface area contributed by atoms with Crippen LogP contribution in [0.4, 0.5) is 10.9 Å². The summed E-state index contributed by atoms with van der Waals surface area (Å²) in [4.78, 5) is 18.9. The van der Waals surface area contributed by atoms with E-state index in [1.54, 1.807) is 11.9 Å². The molecule has 1 aromatic rings. The maximum atomic E-state index is 12.5. The Labute approximate surface area is 110 Å². The van der Waals surface area contributed by atoms with Crippen molar-refractivity contribution in [3.05, 3.63) is 4.88 Å². The first-order valence-electron chi connectivity index (χ1n) is 5.79. The lowest BCUT2D eigenvalue weighted by Crippen LogP contribution is -2.55. The Kier molecular flexibility index (Phi) is 3.45. The number of morpholine rings is 1. The molecule has 0 saturated carbocycles. The lowest BCUT2D eigenvalue weighted by atomic mass is 10.0. The number of amides is 1. The van der Waals surface area contributed by atoms with Crippen molar-refractivity contribution in [2.75, 3.05) is 37.9 Å². The molecule has 7 heteroatoms. The number of anilines is 2. The van der Waals surface area contributed by atoms with Crippen LogP contribution in [0.25, 0.3) is 0 Å². The summed E-state index contributed by atoms with van der Waals surface area (Å²) in [6.45, 7) is 5.65. The fraction of sp³-hybridized carbons (Fsp3) is 0.636. The van der Waals surface area contributed by atoms with E-state index >= 15 is 0 Å². The summed E-state index contributed by atoms with van der Waals surface area (Å²) in [6.07, 6.45) is 0. The van der Waals surface area contributed by atoms with Gasteiger partial charge in [0.15, 0.2) is 5.13 Å². The SMILES string of the molecule is CNc1nc(N)c(C(=O)N2CCOCC2(C)C)s1. The molecule has 0 bridgehead atoms. The second-order valence-electron chi connectivity index (χ2n) is 4.81. The summed E-state index contributed by atoms with van der Waals surface area (Å²) in [5.41, 5.74) is 5.48. The molecule has 6 nitrogen and oxygen atoms in total. The number of nitrogens with one attached hydrogen (secondary N) is 1. The number of hydrogen-bond acceptors (Lipinski definition) is 6. The minimum atomic E-state index is -0.314. The van der Waals surface area contributed by atoms with E-state index in [1.807, 2.05) is 13.8 Å². The number of carbonyl (C=O) groups is 1. The summed E-state index contributed by atoms with van der Waals surface area (Å²) >= 11 is 1.28. The average Bonchev–Trinajstić information content (AvgIpc) is 2.69. The smallest absolute Gasteiger partial charge is 0.268 e. The molecule has 1 aromatic heterocycles. The largest absolute Gasteiger partial charge is 0.382 e. The molecule has 0 aromatic carbocycles. The van der Waals surface area contributed by atoms with Gasteiger partial charge in [-0.25, -0.2) is 4.98 Å². The van der Waals surface area contributed by atoms with E-state index in [2.05, 4.69) is 10.3 Å². The highest BCUT2D eigenvalue weighted by molar-refractivity contribution is 7.18. The second-order valence-corrected chi connectivity index (χ2v) is 5.80. The van der Waals surface area contributed by atoms with Crippen molar-refractivity contribution in [3.8, 4) is 0 Å². The zero-order valence-corrected chi connectivity index (χ0v) is 11.6. The number of nitrogens with two attached hydrogens (primary N) is 1. The minimum absolute atomic E-state index is 0.0696. The first-order chi connectivity index (χ1) is 8.45. The number of carbonyl (C=O) groups excluding carboxylic acids is 1. The quantitative estimate of drug-likeness (QED) is 0.838. The Morgan fingerprint density at radius 1 is 1.61 bits per heavy atom. The lowest BCUT2D eigenvalue weighted by Gasteiger charge is -2.41. The zero-order chi connectivity index (χ0) is 13.3. The zero-order valence-electron chi connectivity index (χ0n) is 10.8. The van der Waals surface area contributed by atoms with Crippen molar-refractivity contribution >= 4 is 28.2 Å². The Balaban J connectivity index is 2.27. The summed E-state index contributed by atoms with van der Waals surface area (Å²) in [6, 6.07) is 0. The van der Waals surface area contributed by atoms with E-state index in [0.29, 0.717) is 29.8 Å². The van der Waals surface area contributed by atoms with Gasteiger partial charge >= 0.3 is 0 Å². The molecule has 1 fully saturated rings. The number of rotatable bonds is 2. The van der Waals surface area contributed by atoms with Crippen molar-refractivity contribution in [3.63, 3.8) is 0 Å². The van der Waals surface area contributed by atoms with Gasteiger partial charge in [0.2, 0.25) is 0 Å². The van der Waals surface area contributed by atoms with Crippen molar-refractivity contribution < 1.29 is 9.53 Å². The fourth-order valence-corrected chi connectivity index (χ4v) is 2.74. The number of nitrogens with zero attached hydrogens (tertiary/aromatic N) is 2. The third-order valence-electron chi connectivity index (χ3n) is 2.95. The fourth-order valence-electron chi connectivity index (χ4n) is 1.95. The van der Waals surface area contributed by atoms with Crippen LogP contribution in [0.5, 0.6) is 0 Å². The van der Waals surface area contributed by atoms with Gasteiger partial charge in [0, 0.05) is 13.6 Å². The molecule has 2 rings (SSSR count). The molecule has 1 aliphatic heterocycles. The number of hydrogen-bond donors (Lipinski definition) is 2. The summed E-state index contributed by atoms with van der Waals surface area (Å²) in [5, 5.41) is 3.55. The molecule has 0 aliphatic carbocycles. The van der Waals surface area contributed by atoms with Crippen LogP contribution in [0.3, 0.4) is 0 Å². The highest BCUT2D eigenvalue weighted by Crippen LogP contribution is 2.29. The third kappa shape index (κ3) is 2.28. The topological polar surface area (TPSA) is 80.5 Å². The van der Waals surface area contributed by atoms with Crippen molar-refractivity contribution in [1.29, 1.82) is 0 Å². The molecule has 1 saturated heterocycles. The van der Waals surface area contributed by atoms with E-state index < -0.39 is 0 Å². The Morgan fingerprint density at radius 3 is 2.89 bits per heavy atom. The van der Waals surface area contributed by atoms with Gasteiger partial charge in [-0.15, -0.1) is 0 Å². The highest BCUT2D eigenvalue weighted by Gasteiger charge is 2.36. The summed E-state index contributed by atoms with van der Waals surface area (Å²) < 4.78 is 5.41. The molecule has 0 atom stereocenters. The summed E-state index contributed by atoms with van der Waals surface area (Å²) in [5.74, 6) is 0.219. The third-order valence-corrected chi connectivity index (χ3v) is 4.03. The highest BCUT2D eigenvalue weighted by atomic mass is 32.1. The molecule has 2 heterocycles. The first kappa shape index (κ1) is 13.1. The van der Waals surface area contributed by atoms with E-state index in [0.717, 1.165) is 0 Å². The molecule has 0 radical (unpaired) electrons. The Hall–Kier alpha value is -1.34. The van der Waals surface area contributed by atoms with E-state index in [-0.39, 0.29) is 17.3 Å². The number of thiazole rings is 1. The monoisotopic (exact) mass is 270 g/mol. The molecular weight excluding hydrogens is 252 g/mol. The predicted molar refractivity (Wildman–Crippen MR) is 72.0 cm³/mol. The molecule has 3 N–H and O–H groups in total. The van der Waals surface area contributed by atoms with E-state index in [9.17, 15) is 4.79 Å². The molecule has 100 valence electrons. The van der Waals surface area contributed by atoms with Gasteiger partial charge in [-0.1, -0.05) is 11.3 Å². The minimum Gasteiger partial charge on any atom is -0.382 e. The van der Waals surface area contributed by atoms with Crippen molar-refractivity contribution in [2.45, 2.75) is 19.4 Å². The average molecular weight is 270 g/mol. The van der Waals surface area contributed by atoms with Gasteiger partial charge in [0.1, 0.15) is 10.7 Å². The molecule has 0 unspecified atom stereocenters. The van der Waals surface area contributed by atoms with Crippen LogP contribution in [0.15, 0.2) is 0 Å². The first-order valence-corrected chi connectivity index (χ1v) is 6.61. The van der Waals surface area contributed by atoms with E-state index in [1.165, 1.54) is 11.3 Å². The second kappa shape index (κ2) is 4.74. The number of ether oxygens (including phenoxy) is 1. The van der Waals surface area contributed by atoms with Crippen LogP contribution in [-0.2, 0) is 4.74 Å². The Bertz CT molecular complexity index is 458. The number of nitrogen functional groups attached to an aromatic ring is 1. The van der Waals surface area contributed by atoms with Crippen LogP contribution in [0, 0.1) is 0 Å². The van der Waals surface area contributed by atoms with Gasteiger partial charge in [0.25, 0.3) is 5.91 Å². The summed E-state index contributed by atoms with van der Waals surface area (Å²) in [7, 11) is 1.76. The lowest BCUT2D eigenvalue weighted by molar-refractivity contribution is -0.0368. The molecular formula is C11H18N4O2S. The van der Waals surface area contributed by atoms with Crippen molar-refractivity contribution in [1.82, 2.24) is 9.88 Å². The van der Waals surface area contributed by atoms with Crippen LogP contribution < -0.4 is 11.1 Å². The van der Waals surface area contributed by atoms with Crippen LogP contribution in [0.2, 0.25) is 0 Å².